The number of Topliss-reactive ketones (excluding diaryl/α,β-unsaturated/α-hetero) is 2. The van der Waals surface area contributed by atoms with E-state index in [1.54, 1.807) is 0 Å². The van der Waals surface area contributed by atoms with Gasteiger partial charge in [-0.1, -0.05) is 35.2 Å². The molecule has 2 fully saturated rings. The highest BCUT2D eigenvalue weighted by Gasteiger charge is 2.54. The Bertz CT molecular complexity index is 723. The maximum atomic E-state index is 14.5. The average Bonchev–Trinajstić information content (AvgIpc) is 2.80. The van der Waals surface area contributed by atoms with E-state index in [1.807, 2.05) is 0 Å². The minimum atomic E-state index is -1.15. The van der Waals surface area contributed by atoms with Crippen molar-refractivity contribution >= 4 is 39.1 Å². The van der Waals surface area contributed by atoms with Gasteiger partial charge in [-0.15, -0.1) is 0 Å². The first-order chi connectivity index (χ1) is 11.8. The molecule has 1 aliphatic carbocycles. The van der Waals surface area contributed by atoms with Crippen LogP contribution in [0.25, 0.3) is 0 Å². The van der Waals surface area contributed by atoms with Crippen LogP contribution in [0, 0.1) is 23.5 Å². The van der Waals surface area contributed by atoms with E-state index < -0.39 is 46.8 Å². The van der Waals surface area contributed by atoms with Gasteiger partial charge in [-0.2, -0.15) is 0 Å². The van der Waals surface area contributed by atoms with Crippen molar-refractivity contribution in [2.75, 3.05) is 4.90 Å². The number of nitrogens with zero attached hydrogens (tertiary/aromatic N) is 1. The molecule has 0 radical (unpaired) electrons. The fourth-order valence-electron chi connectivity index (χ4n) is 4.09. The van der Waals surface area contributed by atoms with Gasteiger partial charge in [0.15, 0.2) is 11.6 Å². The number of amides is 1. The third kappa shape index (κ3) is 3.14. The summed E-state index contributed by atoms with van der Waals surface area (Å²) < 4.78 is 29.1. The molecule has 2 aliphatic rings. The number of carbonyl (C=O) groups excluding carboxylic acids is 3. The Hall–Kier alpha value is -1.63. The van der Waals surface area contributed by atoms with E-state index in [2.05, 4.69) is 15.9 Å². The molecule has 1 saturated carbocycles. The monoisotopic (exact) mass is 413 g/mol. The summed E-state index contributed by atoms with van der Waals surface area (Å²) in [6, 6.07) is 1.28. The lowest BCUT2D eigenvalue weighted by Gasteiger charge is -2.35. The lowest BCUT2D eigenvalue weighted by atomic mass is 9.77. The number of hydrogen-bond donors (Lipinski definition) is 0. The second-order valence-corrected chi connectivity index (χ2v) is 7.65. The minimum absolute atomic E-state index is 0.125. The zero-order chi connectivity index (χ0) is 18.3. The first-order valence-electron chi connectivity index (χ1n) is 8.35. The number of hydrogen-bond acceptors (Lipinski definition) is 3. The molecule has 0 aromatic heterocycles. The van der Waals surface area contributed by atoms with Crippen molar-refractivity contribution in [3.63, 3.8) is 0 Å². The summed E-state index contributed by atoms with van der Waals surface area (Å²) in [5.74, 6) is -5.45. The van der Waals surface area contributed by atoms with Crippen LogP contribution >= 0.6 is 15.9 Å². The summed E-state index contributed by atoms with van der Waals surface area (Å²) in [7, 11) is 0. The van der Waals surface area contributed by atoms with Gasteiger partial charge in [0.25, 0.3) is 5.91 Å². The van der Waals surface area contributed by atoms with Crippen LogP contribution in [-0.4, -0.2) is 23.5 Å². The molecule has 1 aromatic rings. The number of ketones is 2. The van der Waals surface area contributed by atoms with Gasteiger partial charge in [-0.3, -0.25) is 19.3 Å². The van der Waals surface area contributed by atoms with Gasteiger partial charge in [0.1, 0.15) is 17.4 Å². The summed E-state index contributed by atoms with van der Waals surface area (Å²) >= 11 is 3.00. The van der Waals surface area contributed by atoms with E-state index in [-0.39, 0.29) is 10.4 Å². The third-order valence-electron chi connectivity index (χ3n) is 5.15. The first kappa shape index (κ1) is 18.2. The summed E-state index contributed by atoms with van der Waals surface area (Å²) in [4.78, 5) is 37.9. The normalized spacial score (nSPS) is 24.9. The summed E-state index contributed by atoms with van der Waals surface area (Å²) in [5, 5.41) is 0. The van der Waals surface area contributed by atoms with E-state index in [0.29, 0.717) is 0 Å². The predicted octanol–water partition coefficient (Wildman–Crippen LogP) is 3.80. The Balaban J connectivity index is 2.13. The molecule has 4 nitrogen and oxygen atoms in total. The van der Waals surface area contributed by atoms with Crippen molar-refractivity contribution < 1.29 is 23.2 Å². The Morgan fingerprint density at radius 2 is 1.68 bits per heavy atom. The van der Waals surface area contributed by atoms with Crippen LogP contribution in [-0.2, 0) is 14.4 Å². The second kappa shape index (κ2) is 6.94. The zero-order valence-corrected chi connectivity index (χ0v) is 15.3. The summed E-state index contributed by atoms with van der Waals surface area (Å²) in [5.41, 5.74) is -0.541. The molecule has 134 valence electrons. The first-order valence-corrected chi connectivity index (χ1v) is 9.14. The van der Waals surface area contributed by atoms with Crippen LogP contribution in [0.5, 0.6) is 0 Å². The molecule has 0 bridgehead atoms. The molecule has 1 saturated heterocycles. The molecule has 0 spiro atoms. The fourth-order valence-corrected chi connectivity index (χ4v) is 4.49. The van der Waals surface area contributed by atoms with Crippen LogP contribution < -0.4 is 4.90 Å². The molecule has 0 N–H and O–H groups in total. The van der Waals surface area contributed by atoms with Crippen LogP contribution in [0.15, 0.2) is 16.6 Å². The lowest BCUT2D eigenvalue weighted by molar-refractivity contribution is -0.138. The second-order valence-electron chi connectivity index (χ2n) is 6.73. The van der Waals surface area contributed by atoms with E-state index in [9.17, 15) is 23.2 Å². The van der Waals surface area contributed by atoms with E-state index in [0.717, 1.165) is 49.1 Å². The maximum Gasteiger partial charge on any atom is 0.295 e. The standard InChI is InChI=1S/C18H18BrF2NO3/c1-9(23)14-15(10-5-3-2-4-6-10)22(18(25)17(14)24)16-12(20)7-11(19)8-13(16)21/h7-8,10,14-15H,2-6H2,1H3. The number of halogens is 3. The van der Waals surface area contributed by atoms with E-state index >= 15 is 0 Å². The molecular weight excluding hydrogens is 396 g/mol. The van der Waals surface area contributed by atoms with Crippen molar-refractivity contribution in [1.82, 2.24) is 0 Å². The lowest BCUT2D eigenvalue weighted by Crippen LogP contribution is -2.44. The van der Waals surface area contributed by atoms with Gasteiger partial charge in [0.2, 0.25) is 5.78 Å². The van der Waals surface area contributed by atoms with Gasteiger partial charge in [0.05, 0.1) is 6.04 Å². The Labute approximate surface area is 152 Å². The van der Waals surface area contributed by atoms with Crippen LogP contribution in [0.1, 0.15) is 39.0 Å². The molecule has 1 aromatic carbocycles. The van der Waals surface area contributed by atoms with Gasteiger partial charge >= 0.3 is 0 Å². The highest BCUT2D eigenvalue weighted by atomic mass is 79.9. The van der Waals surface area contributed by atoms with Gasteiger partial charge < -0.3 is 0 Å². The van der Waals surface area contributed by atoms with Crippen LogP contribution in [0.2, 0.25) is 0 Å². The molecular formula is C18H18BrF2NO3. The smallest absolute Gasteiger partial charge is 0.295 e. The molecule has 2 atom stereocenters. The maximum absolute atomic E-state index is 14.5. The zero-order valence-electron chi connectivity index (χ0n) is 13.7. The quantitative estimate of drug-likeness (QED) is 0.559. The van der Waals surface area contributed by atoms with Crippen molar-refractivity contribution in [2.45, 2.75) is 45.1 Å². The van der Waals surface area contributed by atoms with Gasteiger partial charge in [0, 0.05) is 4.47 Å². The van der Waals surface area contributed by atoms with Crippen LogP contribution in [0.3, 0.4) is 0 Å². The number of anilines is 1. The van der Waals surface area contributed by atoms with Gasteiger partial charge in [-0.05, 0) is 37.8 Å². The molecule has 1 heterocycles. The number of benzene rings is 1. The van der Waals surface area contributed by atoms with Gasteiger partial charge in [-0.25, -0.2) is 8.78 Å². The van der Waals surface area contributed by atoms with E-state index in [4.69, 9.17) is 0 Å². The van der Waals surface area contributed by atoms with Crippen molar-refractivity contribution in [3.8, 4) is 0 Å². The number of carbonyl (C=O) groups is 3. The minimum Gasteiger partial charge on any atom is -0.299 e. The number of rotatable bonds is 3. The average molecular weight is 414 g/mol. The molecule has 2 unspecified atom stereocenters. The van der Waals surface area contributed by atoms with Crippen molar-refractivity contribution in [3.05, 3.63) is 28.2 Å². The highest BCUT2D eigenvalue weighted by Crippen LogP contribution is 2.41. The molecule has 7 heteroatoms. The molecule has 25 heavy (non-hydrogen) atoms. The predicted molar refractivity (Wildman–Crippen MR) is 91.1 cm³/mol. The Morgan fingerprint density at radius 3 is 2.20 bits per heavy atom. The van der Waals surface area contributed by atoms with E-state index in [1.165, 1.54) is 6.92 Å². The van der Waals surface area contributed by atoms with Crippen molar-refractivity contribution in [1.29, 1.82) is 0 Å². The SMILES string of the molecule is CC(=O)C1C(=O)C(=O)N(c2c(F)cc(Br)cc2F)C1C1CCCCC1. The van der Waals surface area contributed by atoms with Crippen LogP contribution in [0.4, 0.5) is 14.5 Å². The molecule has 1 amide bonds. The Morgan fingerprint density at radius 1 is 1.12 bits per heavy atom. The topological polar surface area (TPSA) is 54.5 Å². The summed E-state index contributed by atoms with van der Waals surface area (Å²) in [6.45, 7) is 1.25. The van der Waals surface area contributed by atoms with Crippen molar-refractivity contribution in [2.24, 2.45) is 11.8 Å². The fraction of sp³-hybridized carbons (Fsp3) is 0.500. The molecule has 1 aliphatic heterocycles. The Kier molecular flexibility index (Phi) is 5.04. The largest absolute Gasteiger partial charge is 0.299 e. The highest BCUT2D eigenvalue weighted by molar-refractivity contribution is 9.10. The molecule has 3 rings (SSSR count). The third-order valence-corrected chi connectivity index (χ3v) is 5.60. The summed E-state index contributed by atoms with van der Waals surface area (Å²) in [6.07, 6.45) is 4.31.